The van der Waals surface area contributed by atoms with Crippen LogP contribution in [0.15, 0.2) is 18.3 Å². The van der Waals surface area contributed by atoms with Crippen molar-refractivity contribution in [2.75, 3.05) is 0 Å². The number of hydrogen-bond donors (Lipinski definition) is 3. The molecular weight excluding hydrogens is 224 g/mol. The predicted octanol–water partition coefficient (Wildman–Crippen LogP) is 3.37. The molecule has 0 bridgehead atoms. The Morgan fingerprint density at radius 1 is 0.889 bits per heavy atom. The van der Waals surface area contributed by atoms with Crippen molar-refractivity contribution in [2.24, 2.45) is 7.05 Å². The van der Waals surface area contributed by atoms with E-state index in [9.17, 15) is 0 Å². The molecule has 3 aromatic rings. The third kappa shape index (κ3) is 1.53. The highest BCUT2D eigenvalue weighted by Gasteiger charge is 2.04. The Kier molecular flexibility index (Phi) is 2.26. The van der Waals surface area contributed by atoms with Crippen molar-refractivity contribution in [1.82, 2.24) is 19.5 Å². The molecule has 0 aliphatic carbocycles. The van der Waals surface area contributed by atoms with Crippen LogP contribution in [0.25, 0.3) is 22.1 Å². The molecule has 0 fully saturated rings. The van der Waals surface area contributed by atoms with Crippen LogP contribution >= 0.6 is 0 Å². The number of rotatable bonds is 0. The van der Waals surface area contributed by atoms with Crippen molar-refractivity contribution in [2.45, 2.75) is 20.8 Å². The van der Waals surface area contributed by atoms with Gasteiger partial charge in [0.15, 0.2) is 0 Å². The molecule has 0 spiro atoms. The van der Waals surface area contributed by atoms with Crippen LogP contribution in [0.4, 0.5) is 0 Å². The SMILES string of the molecule is Cc1[nH]c2cc3[nH]cc(C)n(C)c3cc2[nH]c1C. The van der Waals surface area contributed by atoms with Crippen LogP contribution in [0.2, 0.25) is 0 Å². The van der Waals surface area contributed by atoms with E-state index in [1.807, 2.05) is 6.20 Å². The highest BCUT2D eigenvalue weighted by atomic mass is 15.0. The van der Waals surface area contributed by atoms with Crippen molar-refractivity contribution in [1.29, 1.82) is 0 Å². The van der Waals surface area contributed by atoms with Crippen molar-refractivity contribution in [3.8, 4) is 0 Å². The monoisotopic (exact) mass is 242 g/mol. The van der Waals surface area contributed by atoms with Crippen LogP contribution < -0.4 is 0 Å². The van der Waals surface area contributed by atoms with Crippen molar-refractivity contribution in [3.63, 3.8) is 0 Å². The van der Waals surface area contributed by atoms with E-state index in [0.717, 1.165) is 16.6 Å². The summed E-state index contributed by atoms with van der Waals surface area (Å²) < 4.78 is 2.19. The summed E-state index contributed by atoms with van der Waals surface area (Å²) in [7, 11) is 2.09. The molecule has 0 saturated carbocycles. The Morgan fingerprint density at radius 2 is 1.50 bits per heavy atom. The van der Waals surface area contributed by atoms with E-state index >= 15 is 0 Å². The Labute approximate surface area is 105 Å². The molecular formula is C14H18N4. The lowest BCUT2D eigenvalue weighted by molar-refractivity contribution is 0.887. The summed E-state index contributed by atoms with van der Waals surface area (Å²) in [6, 6.07) is 4.32. The molecule has 3 rings (SSSR count). The number of aromatic nitrogens is 4. The highest BCUT2D eigenvalue weighted by molar-refractivity contribution is 5.91. The molecule has 94 valence electrons. The summed E-state index contributed by atoms with van der Waals surface area (Å²) in [5.74, 6) is 0. The van der Waals surface area contributed by atoms with Gasteiger partial charge in [-0.3, -0.25) is 0 Å². The third-order valence-electron chi connectivity index (χ3n) is 3.67. The van der Waals surface area contributed by atoms with Gasteiger partial charge in [0, 0.05) is 30.3 Å². The Morgan fingerprint density at radius 3 is 2.17 bits per heavy atom. The van der Waals surface area contributed by atoms with Gasteiger partial charge in [-0.15, -0.1) is 0 Å². The Balaban J connectivity index is 2.47. The molecule has 3 N–H and O–H groups in total. The average Bonchev–Trinajstić information content (AvgIpc) is 2.34. The van der Waals surface area contributed by atoms with E-state index in [1.165, 1.54) is 22.6 Å². The molecule has 2 heterocycles. The van der Waals surface area contributed by atoms with E-state index in [4.69, 9.17) is 0 Å². The van der Waals surface area contributed by atoms with Gasteiger partial charge < -0.3 is 19.5 Å². The van der Waals surface area contributed by atoms with Crippen molar-refractivity contribution >= 4 is 22.1 Å². The van der Waals surface area contributed by atoms with Gasteiger partial charge in [0.25, 0.3) is 0 Å². The Hall–Kier alpha value is -2.10. The number of fused-ring (bicyclic) bond motifs is 2. The second-order valence-corrected chi connectivity index (χ2v) is 4.90. The lowest BCUT2D eigenvalue weighted by Gasteiger charge is -2.12. The predicted molar refractivity (Wildman–Crippen MR) is 75.3 cm³/mol. The van der Waals surface area contributed by atoms with E-state index in [2.05, 4.69) is 59.5 Å². The summed E-state index contributed by atoms with van der Waals surface area (Å²) >= 11 is 0. The molecule has 0 aliphatic rings. The van der Waals surface area contributed by atoms with Gasteiger partial charge in [-0.1, -0.05) is 0 Å². The zero-order valence-electron chi connectivity index (χ0n) is 11.2. The van der Waals surface area contributed by atoms with Gasteiger partial charge in [0.1, 0.15) is 0 Å². The molecule has 0 amide bonds. The minimum absolute atomic E-state index is 1.12. The Bertz CT molecular complexity index is 777. The fourth-order valence-electron chi connectivity index (χ4n) is 2.25. The van der Waals surface area contributed by atoms with Crippen molar-refractivity contribution < 1.29 is 0 Å². The number of aryl methyl sites for hydroxylation is 4. The maximum Gasteiger partial charge on any atom is 0.0667 e. The number of benzene rings is 1. The zero-order valence-corrected chi connectivity index (χ0v) is 11.2. The third-order valence-corrected chi connectivity index (χ3v) is 3.67. The van der Waals surface area contributed by atoms with Gasteiger partial charge >= 0.3 is 0 Å². The highest BCUT2D eigenvalue weighted by Crippen LogP contribution is 2.20. The van der Waals surface area contributed by atoms with Gasteiger partial charge in [-0.2, -0.15) is 0 Å². The molecule has 0 aliphatic heterocycles. The first-order valence-electron chi connectivity index (χ1n) is 6.13. The van der Waals surface area contributed by atoms with Crippen LogP contribution in [0, 0.1) is 20.8 Å². The van der Waals surface area contributed by atoms with E-state index in [1.54, 1.807) is 0 Å². The number of nitrogens with one attached hydrogen (secondary N) is 3. The summed E-state index contributed by atoms with van der Waals surface area (Å²) in [6.07, 6.45) is 2.03. The zero-order chi connectivity index (χ0) is 12.9. The average molecular weight is 242 g/mol. The first kappa shape index (κ1) is 11.0. The molecule has 18 heavy (non-hydrogen) atoms. The lowest BCUT2D eigenvalue weighted by atomic mass is 10.2. The second kappa shape index (κ2) is 3.70. The van der Waals surface area contributed by atoms with Gasteiger partial charge in [-0.25, -0.2) is 0 Å². The van der Waals surface area contributed by atoms with Crippen LogP contribution in [0.1, 0.15) is 17.1 Å². The van der Waals surface area contributed by atoms with E-state index in [-0.39, 0.29) is 0 Å². The van der Waals surface area contributed by atoms with Gasteiger partial charge in [0.2, 0.25) is 0 Å². The molecule has 2 aromatic heterocycles. The molecule has 0 saturated heterocycles. The molecule has 4 heteroatoms. The molecule has 0 unspecified atom stereocenters. The van der Waals surface area contributed by atoms with Gasteiger partial charge in [0.05, 0.1) is 22.1 Å². The standard InChI is InChI=1S/C14H18N4/c1-8-7-15-13-5-11-12(6-14(13)18(8)4)17-10(3)9(2)16-11/h5-7,15-17H,1-4H3. The second-order valence-electron chi connectivity index (χ2n) is 4.90. The van der Waals surface area contributed by atoms with Crippen LogP contribution in [0.3, 0.4) is 0 Å². The summed E-state index contributed by atoms with van der Waals surface area (Å²) in [5.41, 5.74) is 8.10. The number of nitrogens with zero attached hydrogens (tertiary/aromatic N) is 1. The molecule has 0 atom stereocenters. The molecule has 0 radical (unpaired) electrons. The van der Waals surface area contributed by atoms with E-state index < -0.39 is 0 Å². The van der Waals surface area contributed by atoms with E-state index in [0.29, 0.717) is 0 Å². The summed E-state index contributed by atoms with van der Waals surface area (Å²) in [5, 5.41) is 0. The smallest absolute Gasteiger partial charge is 0.0667 e. The maximum atomic E-state index is 3.44. The van der Waals surface area contributed by atoms with Crippen LogP contribution in [0.5, 0.6) is 0 Å². The molecule has 4 nitrogen and oxygen atoms in total. The number of hydrogen-bond acceptors (Lipinski definition) is 0. The topological polar surface area (TPSA) is 52.3 Å². The largest absolute Gasteiger partial charge is 0.358 e. The fourth-order valence-corrected chi connectivity index (χ4v) is 2.25. The minimum atomic E-state index is 1.12. The number of H-pyrrole nitrogens is 3. The van der Waals surface area contributed by atoms with Crippen LogP contribution in [-0.2, 0) is 7.05 Å². The normalized spacial score (nSPS) is 11.3. The molecule has 1 aromatic carbocycles. The summed E-state index contributed by atoms with van der Waals surface area (Å²) in [4.78, 5) is 10.2. The summed E-state index contributed by atoms with van der Waals surface area (Å²) in [6.45, 7) is 6.25. The lowest BCUT2D eigenvalue weighted by Crippen LogP contribution is -2.01. The maximum absolute atomic E-state index is 3.44. The van der Waals surface area contributed by atoms with Gasteiger partial charge in [-0.05, 0) is 32.9 Å². The van der Waals surface area contributed by atoms with Crippen LogP contribution in [-0.4, -0.2) is 19.5 Å². The quantitative estimate of drug-likeness (QED) is 0.506. The number of aromatic amines is 3. The first-order valence-corrected chi connectivity index (χ1v) is 6.13. The fraction of sp³-hybridized carbons (Fsp3) is 0.286. The van der Waals surface area contributed by atoms with Crippen molar-refractivity contribution in [3.05, 3.63) is 35.4 Å². The minimum Gasteiger partial charge on any atom is -0.358 e. The first-order chi connectivity index (χ1) is 8.56.